The van der Waals surface area contributed by atoms with Crippen LogP contribution >= 0.6 is 11.6 Å². The van der Waals surface area contributed by atoms with Crippen LogP contribution in [-0.4, -0.2) is 187 Å². The zero-order valence-corrected chi connectivity index (χ0v) is 38.9. The van der Waals surface area contributed by atoms with Gasteiger partial charge in [0.15, 0.2) is 23.9 Å². The third-order valence-electron chi connectivity index (χ3n) is 14.2. The first kappa shape index (κ1) is 47.3. The van der Waals surface area contributed by atoms with Gasteiger partial charge < -0.3 is 54.5 Å². The summed E-state index contributed by atoms with van der Waals surface area (Å²) in [6.45, 7) is 7.28. The summed E-state index contributed by atoms with van der Waals surface area (Å²) in [5.41, 5.74) is -0.490. The fourth-order valence-electron chi connectivity index (χ4n) is 10.5. The molecule has 0 saturated carbocycles. The molecule has 2 unspecified atom stereocenters. The Kier molecular flexibility index (Phi) is 12.7. The highest BCUT2D eigenvalue weighted by Gasteiger charge is 2.43. The summed E-state index contributed by atoms with van der Waals surface area (Å²) >= 11 is 6.61. The lowest BCUT2D eigenvalue weighted by Gasteiger charge is -2.46. The number of carboxylic acids is 1. The number of nitrogens with one attached hydrogen (secondary N) is 4. The number of hydrogen-bond acceptors (Lipinski definition) is 11. The average molecular weight is 991 g/mol. The topological polar surface area (TPSA) is 225 Å². The number of hydrogen-bond donors (Lipinski definition) is 5. The zero-order chi connectivity index (χ0) is 49.1. The fourth-order valence-corrected chi connectivity index (χ4v) is 10.8. The van der Waals surface area contributed by atoms with E-state index in [1.54, 1.807) is 20.8 Å². The molecule has 5 N–H and O–H groups in total. The van der Waals surface area contributed by atoms with Gasteiger partial charge in [-0.3, -0.25) is 19.2 Å². The predicted molar refractivity (Wildman–Crippen MR) is 246 cm³/mol. The van der Waals surface area contributed by atoms with Gasteiger partial charge in [0, 0.05) is 127 Å². The molecule has 24 heteroatoms. The molecule has 9 heterocycles. The van der Waals surface area contributed by atoms with Crippen molar-refractivity contribution in [2.75, 3.05) is 96.9 Å². The summed E-state index contributed by atoms with van der Waals surface area (Å²) in [7, 11) is 1.40. The second kappa shape index (κ2) is 18.7. The number of ether oxygens (including phenoxy) is 1. The van der Waals surface area contributed by atoms with Crippen molar-refractivity contribution in [1.29, 1.82) is 0 Å². The molecule has 4 aromatic heterocycles. The lowest BCUT2D eigenvalue weighted by molar-refractivity contribution is -0.929. The molecule has 5 aromatic rings. The van der Waals surface area contributed by atoms with E-state index >= 15 is 0 Å². The van der Waals surface area contributed by atoms with E-state index in [0.29, 0.717) is 92.2 Å². The van der Waals surface area contributed by atoms with Gasteiger partial charge in [-0.15, -0.1) is 0 Å². The molecule has 5 aliphatic heterocycles. The van der Waals surface area contributed by atoms with Gasteiger partial charge in [-0.05, 0) is 24.3 Å². The Labute approximate surface area is 403 Å². The van der Waals surface area contributed by atoms with Crippen molar-refractivity contribution >= 4 is 57.8 Å². The maximum atomic E-state index is 14.6. The van der Waals surface area contributed by atoms with Crippen molar-refractivity contribution < 1.29 is 51.5 Å². The zero-order valence-electron chi connectivity index (χ0n) is 38.2. The lowest BCUT2D eigenvalue weighted by Crippen LogP contribution is -2.62. The fraction of sp³-hybridized carbons (Fsp3) is 0.478. The van der Waals surface area contributed by atoms with Crippen LogP contribution in [0, 0.1) is 11.8 Å². The van der Waals surface area contributed by atoms with Gasteiger partial charge in [-0.2, -0.15) is 18.3 Å². The maximum Gasteiger partial charge on any atom is 0.435 e. The van der Waals surface area contributed by atoms with E-state index in [1.807, 2.05) is 0 Å². The second-order valence-electron chi connectivity index (χ2n) is 19.0. The normalized spacial score (nSPS) is 23.0. The van der Waals surface area contributed by atoms with Gasteiger partial charge >= 0.3 is 12.1 Å². The Bertz CT molecular complexity index is 2850. The number of carboxylic acid groups (broad SMARTS) is 1. The number of rotatable bonds is 11. The number of amides is 4. The minimum absolute atomic E-state index is 0.0245. The molecule has 0 spiro atoms. The van der Waals surface area contributed by atoms with E-state index in [-0.39, 0.29) is 94.7 Å². The average Bonchev–Trinajstić information content (AvgIpc) is 4.06. The molecule has 2 bridgehead atoms. The number of quaternary nitrogens is 1. The molecule has 5 aliphatic rings. The minimum Gasteiger partial charge on any atom is -0.477 e. The van der Waals surface area contributed by atoms with E-state index in [9.17, 15) is 42.3 Å². The van der Waals surface area contributed by atoms with Gasteiger partial charge in [-0.25, -0.2) is 19.4 Å². The summed E-state index contributed by atoms with van der Waals surface area (Å²) in [6, 6.07) is 7.50. The number of aromatic amines is 1. The number of carbonyl (C=O) groups is 5. The van der Waals surface area contributed by atoms with Crippen LogP contribution in [-0.2, 0) is 27.5 Å². The van der Waals surface area contributed by atoms with Crippen LogP contribution in [0.4, 0.5) is 18.9 Å². The molecule has 4 amide bonds. The van der Waals surface area contributed by atoms with Crippen molar-refractivity contribution in [2.24, 2.45) is 18.9 Å². The first-order chi connectivity index (χ1) is 33.5. The molecule has 10 rings (SSSR count). The summed E-state index contributed by atoms with van der Waals surface area (Å²) in [6.07, 6.45) is -0.168. The Balaban J connectivity index is 0.768. The number of imidazole rings is 1. The third kappa shape index (κ3) is 9.46. The molecule has 1 aromatic carbocycles. The number of aliphatic carboxylic acids is 1. The summed E-state index contributed by atoms with van der Waals surface area (Å²) in [5.74, 6) is -2.07. The van der Waals surface area contributed by atoms with Gasteiger partial charge in [0.2, 0.25) is 5.91 Å². The quantitative estimate of drug-likeness (QED) is 0.121. The Morgan fingerprint density at radius 3 is 2.26 bits per heavy atom. The highest BCUT2D eigenvalue weighted by atomic mass is 35.5. The van der Waals surface area contributed by atoms with Gasteiger partial charge in [-0.1, -0.05) is 11.6 Å². The monoisotopic (exact) mass is 990 g/mol. The number of anilines is 1. The molecule has 0 radical (unpaired) electrons. The summed E-state index contributed by atoms with van der Waals surface area (Å²) in [4.78, 5) is 82.7. The Morgan fingerprint density at radius 1 is 0.900 bits per heavy atom. The van der Waals surface area contributed by atoms with Crippen molar-refractivity contribution in [3.63, 3.8) is 0 Å². The van der Waals surface area contributed by atoms with Gasteiger partial charge in [0.1, 0.15) is 5.69 Å². The number of H-pyrrole nitrogens is 1. The van der Waals surface area contributed by atoms with Gasteiger partial charge in [0.05, 0.1) is 65.4 Å². The van der Waals surface area contributed by atoms with Crippen LogP contribution in [0.2, 0.25) is 5.02 Å². The molecular formula is C46H52ClF3N13O7+. The number of halogens is 4. The third-order valence-corrected chi connectivity index (χ3v) is 14.6. The summed E-state index contributed by atoms with van der Waals surface area (Å²) < 4.78 is 52.3. The number of piperazine rings is 1. The Morgan fingerprint density at radius 2 is 1.60 bits per heavy atom. The van der Waals surface area contributed by atoms with Crippen molar-refractivity contribution in [1.82, 2.24) is 54.6 Å². The number of aromatic nitrogens is 6. The number of nitrogens with zero attached hydrogens (tertiary/aromatic N) is 9. The predicted octanol–water partition coefficient (Wildman–Crippen LogP) is 2.70. The van der Waals surface area contributed by atoms with Crippen LogP contribution in [0.5, 0.6) is 0 Å². The minimum atomic E-state index is -4.90. The largest absolute Gasteiger partial charge is 0.477 e. The van der Waals surface area contributed by atoms with Crippen molar-refractivity contribution in [2.45, 2.75) is 31.2 Å². The molecule has 70 heavy (non-hydrogen) atoms. The summed E-state index contributed by atoms with van der Waals surface area (Å²) in [5, 5.41) is 23.3. The molecule has 0 aliphatic carbocycles. The first-order valence-corrected chi connectivity index (χ1v) is 23.7. The number of fused-ring (bicyclic) bond motifs is 3. The van der Waals surface area contributed by atoms with Crippen LogP contribution < -0.4 is 16.0 Å². The van der Waals surface area contributed by atoms with E-state index in [0.717, 1.165) is 36.7 Å². The molecule has 370 valence electrons. The van der Waals surface area contributed by atoms with E-state index in [2.05, 4.69) is 36.0 Å². The van der Waals surface area contributed by atoms with E-state index in [1.165, 1.54) is 42.1 Å². The van der Waals surface area contributed by atoms with Crippen LogP contribution in [0.1, 0.15) is 50.0 Å². The van der Waals surface area contributed by atoms with E-state index in [4.69, 9.17) is 16.3 Å². The molecule has 5 saturated heterocycles. The van der Waals surface area contributed by atoms with Crippen LogP contribution in [0.25, 0.3) is 28.0 Å². The number of benzene rings is 1. The number of morpholine rings is 2. The first-order valence-electron chi connectivity index (χ1n) is 23.3. The number of alkyl halides is 3. The SMILES string of the molecule is Cn1c(-c2cn(-c3cc4[nH]c(C(=O)N5CC6CNCC(C5)O6)cc4cn3)nc2C(F)(F)F)cnc1C(=O)Nc1ccc(C(=O)N2CCN(C(=O)C3CC[N+](CC(=O)O)(CC4CNC4)CC3)CC2)c(Cl)c1. The Hall–Kier alpha value is -6.40. The molecule has 2 atom stereocenters. The highest BCUT2D eigenvalue weighted by Crippen LogP contribution is 2.37. The number of pyridine rings is 1. The standard InChI is InChI=1S/C46H51ClF3N13O7/c1-58-37(33-23-62(57-40(33)46(48,49)50)38-14-35-28(17-53-38)12-36(56-35)45(69)61-21-30-18-52-19-31(22-61)70-30)20-54-41(58)42(66)55-29-2-3-32(34(47)13-29)44(68)60-8-6-59(7-9-60)43(67)27-4-10-63(11-5-27,25-39(64)65)24-26-15-51-16-26/h2-3,12-14,17,20,23,26-27,30-31,51-52H,4-11,15-16,18-19,21-22,24-25H2,1H3,(H2-,53,55,56,64,65,66,68,69)/p+1. The number of piperidine rings is 1. The highest BCUT2D eigenvalue weighted by molar-refractivity contribution is 6.34. The number of carbonyl (C=O) groups excluding carboxylic acids is 4. The molecule has 20 nitrogen and oxygen atoms in total. The van der Waals surface area contributed by atoms with Crippen LogP contribution in [0.3, 0.4) is 0 Å². The lowest BCUT2D eigenvalue weighted by atomic mass is 9.90. The number of likely N-dealkylation sites (tertiary alicyclic amines) is 1. The van der Waals surface area contributed by atoms with Crippen molar-refractivity contribution in [3.8, 4) is 17.1 Å². The van der Waals surface area contributed by atoms with Crippen molar-refractivity contribution in [3.05, 3.63) is 76.7 Å². The molecular weight excluding hydrogens is 939 g/mol. The smallest absolute Gasteiger partial charge is 0.435 e. The van der Waals surface area contributed by atoms with E-state index < -0.39 is 23.7 Å². The van der Waals surface area contributed by atoms with Gasteiger partial charge in [0.25, 0.3) is 17.7 Å². The molecule has 5 fully saturated rings. The van der Waals surface area contributed by atoms with Crippen LogP contribution in [0.15, 0.2) is 48.9 Å². The second-order valence-corrected chi connectivity index (χ2v) is 19.4. The maximum absolute atomic E-state index is 14.6.